The van der Waals surface area contributed by atoms with E-state index in [1.165, 1.54) is 0 Å². The average molecular weight is 292 g/mol. The molecule has 0 aliphatic rings. The van der Waals surface area contributed by atoms with Crippen molar-refractivity contribution < 1.29 is 8.42 Å². The SMILES string of the molecule is CC#CCS(=O)(=O)NCc1ccc(Cl)cc1Cl. The molecule has 1 N–H and O–H groups in total. The summed E-state index contributed by atoms with van der Waals surface area (Å²) >= 11 is 11.6. The molecule has 92 valence electrons. The van der Waals surface area contributed by atoms with E-state index in [4.69, 9.17) is 23.2 Å². The van der Waals surface area contributed by atoms with Crippen LogP contribution in [-0.2, 0) is 16.6 Å². The molecule has 3 nitrogen and oxygen atoms in total. The number of nitrogens with one attached hydrogen (secondary N) is 1. The molecule has 0 aromatic heterocycles. The number of hydrogen-bond donors (Lipinski definition) is 1. The largest absolute Gasteiger partial charge is 0.223 e. The minimum Gasteiger partial charge on any atom is -0.211 e. The lowest BCUT2D eigenvalue weighted by Crippen LogP contribution is -2.25. The Bertz CT molecular complexity index is 559. The van der Waals surface area contributed by atoms with E-state index >= 15 is 0 Å². The lowest BCUT2D eigenvalue weighted by molar-refractivity contribution is 0.585. The second-order valence-electron chi connectivity index (χ2n) is 3.24. The second kappa shape index (κ2) is 6.27. The van der Waals surface area contributed by atoms with Crippen LogP contribution in [0.5, 0.6) is 0 Å². The lowest BCUT2D eigenvalue weighted by atomic mass is 10.2. The van der Waals surface area contributed by atoms with Crippen LogP contribution in [0.25, 0.3) is 0 Å². The van der Waals surface area contributed by atoms with Crippen LogP contribution in [0.2, 0.25) is 10.0 Å². The first kappa shape index (κ1) is 14.3. The third-order valence-electron chi connectivity index (χ3n) is 1.94. The van der Waals surface area contributed by atoms with Gasteiger partial charge in [0.25, 0.3) is 0 Å². The van der Waals surface area contributed by atoms with Gasteiger partial charge in [0.15, 0.2) is 0 Å². The van der Waals surface area contributed by atoms with Crippen LogP contribution in [0, 0.1) is 11.8 Å². The molecule has 0 aliphatic heterocycles. The van der Waals surface area contributed by atoms with Crippen LogP contribution >= 0.6 is 23.2 Å². The Balaban J connectivity index is 2.69. The van der Waals surface area contributed by atoms with Crippen molar-refractivity contribution in [1.29, 1.82) is 0 Å². The molecule has 0 atom stereocenters. The van der Waals surface area contributed by atoms with Gasteiger partial charge in [-0.25, -0.2) is 13.1 Å². The maximum atomic E-state index is 11.5. The summed E-state index contributed by atoms with van der Waals surface area (Å²) in [6.07, 6.45) is 0. The van der Waals surface area contributed by atoms with Gasteiger partial charge >= 0.3 is 0 Å². The minimum atomic E-state index is -3.38. The molecule has 0 heterocycles. The van der Waals surface area contributed by atoms with E-state index in [2.05, 4.69) is 16.6 Å². The smallest absolute Gasteiger partial charge is 0.211 e. The van der Waals surface area contributed by atoms with Crippen LogP contribution in [-0.4, -0.2) is 14.2 Å². The van der Waals surface area contributed by atoms with Crippen LogP contribution in [0.1, 0.15) is 12.5 Å². The van der Waals surface area contributed by atoms with Gasteiger partial charge in [-0.3, -0.25) is 0 Å². The van der Waals surface area contributed by atoms with Gasteiger partial charge in [-0.2, -0.15) is 0 Å². The van der Waals surface area contributed by atoms with Crippen LogP contribution in [0.3, 0.4) is 0 Å². The monoisotopic (exact) mass is 291 g/mol. The average Bonchev–Trinajstić information content (AvgIpc) is 2.25. The van der Waals surface area contributed by atoms with Crippen LogP contribution in [0.15, 0.2) is 18.2 Å². The molecule has 0 unspecified atom stereocenters. The Labute approximate surface area is 111 Å². The first-order valence-electron chi connectivity index (χ1n) is 4.75. The fourth-order valence-corrected chi connectivity index (χ4v) is 2.36. The van der Waals surface area contributed by atoms with Crippen molar-refractivity contribution in [2.24, 2.45) is 0 Å². The molecule has 0 amide bonds. The Morgan fingerprint density at radius 3 is 2.65 bits per heavy atom. The zero-order valence-electron chi connectivity index (χ0n) is 9.13. The molecule has 0 saturated heterocycles. The number of rotatable bonds is 4. The molecule has 6 heteroatoms. The standard InChI is InChI=1S/C11H11Cl2NO2S/c1-2-3-6-17(15,16)14-8-9-4-5-10(12)7-11(9)13/h4-5,7,14H,6,8H2,1H3. The van der Waals surface area contributed by atoms with Crippen molar-refractivity contribution in [2.75, 3.05) is 5.75 Å². The zero-order valence-corrected chi connectivity index (χ0v) is 11.5. The van der Waals surface area contributed by atoms with Crippen LogP contribution in [0.4, 0.5) is 0 Å². The Kier molecular flexibility index (Phi) is 5.29. The molecule has 0 aliphatic carbocycles. The molecule has 17 heavy (non-hydrogen) atoms. The molecule has 0 fully saturated rings. The quantitative estimate of drug-likeness (QED) is 0.866. The van der Waals surface area contributed by atoms with Gasteiger partial charge in [0.2, 0.25) is 10.0 Å². The number of halogens is 2. The van der Waals surface area contributed by atoms with Gasteiger partial charge in [-0.1, -0.05) is 35.2 Å². The summed E-state index contributed by atoms with van der Waals surface area (Å²) in [4.78, 5) is 0. The predicted octanol–water partition coefficient (Wildman–Crippen LogP) is 2.44. The highest BCUT2D eigenvalue weighted by Crippen LogP contribution is 2.20. The van der Waals surface area contributed by atoms with E-state index < -0.39 is 10.0 Å². The molecule has 1 rings (SSSR count). The van der Waals surface area contributed by atoms with E-state index in [1.54, 1.807) is 25.1 Å². The fourth-order valence-electron chi connectivity index (χ4n) is 1.07. The molecular formula is C11H11Cl2NO2S. The molecule has 1 aromatic rings. The van der Waals surface area contributed by atoms with E-state index in [-0.39, 0.29) is 12.3 Å². The fraction of sp³-hybridized carbons (Fsp3) is 0.273. The number of sulfonamides is 1. The lowest BCUT2D eigenvalue weighted by Gasteiger charge is -2.06. The Morgan fingerprint density at radius 2 is 2.06 bits per heavy atom. The van der Waals surface area contributed by atoms with E-state index in [0.29, 0.717) is 15.6 Å². The van der Waals surface area contributed by atoms with Gasteiger partial charge in [-0.15, -0.1) is 5.92 Å². The van der Waals surface area contributed by atoms with Gasteiger partial charge in [0.1, 0.15) is 5.75 Å². The van der Waals surface area contributed by atoms with Crippen molar-refractivity contribution in [2.45, 2.75) is 13.5 Å². The molecule has 1 aromatic carbocycles. The van der Waals surface area contributed by atoms with Crippen molar-refractivity contribution >= 4 is 33.2 Å². The van der Waals surface area contributed by atoms with Gasteiger partial charge in [-0.05, 0) is 24.6 Å². The van der Waals surface area contributed by atoms with E-state index in [1.807, 2.05) is 0 Å². The van der Waals surface area contributed by atoms with Gasteiger partial charge in [0.05, 0.1) is 0 Å². The summed E-state index contributed by atoms with van der Waals surface area (Å²) in [5.41, 5.74) is 0.670. The summed E-state index contributed by atoms with van der Waals surface area (Å²) < 4.78 is 25.3. The highest BCUT2D eigenvalue weighted by atomic mass is 35.5. The first-order chi connectivity index (χ1) is 7.94. The maximum absolute atomic E-state index is 11.5. The Morgan fingerprint density at radius 1 is 1.35 bits per heavy atom. The summed E-state index contributed by atoms with van der Waals surface area (Å²) in [5, 5.41) is 0.945. The number of hydrogen-bond acceptors (Lipinski definition) is 2. The summed E-state index contributed by atoms with van der Waals surface area (Å²) in [5.74, 6) is 4.81. The third kappa shape index (κ3) is 4.97. The first-order valence-corrected chi connectivity index (χ1v) is 7.16. The van der Waals surface area contributed by atoms with E-state index in [0.717, 1.165) is 0 Å². The van der Waals surface area contributed by atoms with E-state index in [9.17, 15) is 8.42 Å². The van der Waals surface area contributed by atoms with Crippen molar-refractivity contribution in [3.8, 4) is 11.8 Å². The molecule has 0 spiro atoms. The molecule has 0 bridgehead atoms. The highest BCUT2D eigenvalue weighted by molar-refractivity contribution is 7.89. The normalized spacial score (nSPS) is 10.8. The Hall–Kier alpha value is -0.730. The highest BCUT2D eigenvalue weighted by Gasteiger charge is 2.09. The van der Waals surface area contributed by atoms with Crippen molar-refractivity contribution in [1.82, 2.24) is 4.72 Å². The minimum absolute atomic E-state index is 0.129. The topological polar surface area (TPSA) is 46.2 Å². The summed E-state index contributed by atoms with van der Waals surface area (Å²) in [7, 11) is -3.38. The predicted molar refractivity (Wildman–Crippen MR) is 70.5 cm³/mol. The van der Waals surface area contributed by atoms with Gasteiger partial charge < -0.3 is 0 Å². The molecular weight excluding hydrogens is 281 g/mol. The third-order valence-corrected chi connectivity index (χ3v) is 3.63. The summed E-state index contributed by atoms with van der Waals surface area (Å²) in [6.45, 7) is 1.72. The molecule has 0 saturated carbocycles. The van der Waals surface area contributed by atoms with Crippen molar-refractivity contribution in [3.05, 3.63) is 33.8 Å². The second-order valence-corrected chi connectivity index (χ2v) is 5.89. The maximum Gasteiger partial charge on any atom is 0.223 e. The number of benzene rings is 1. The summed E-state index contributed by atoms with van der Waals surface area (Å²) in [6, 6.07) is 4.90. The van der Waals surface area contributed by atoms with Crippen molar-refractivity contribution in [3.63, 3.8) is 0 Å². The van der Waals surface area contributed by atoms with Gasteiger partial charge in [0, 0.05) is 16.6 Å². The zero-order chi connectivity index (χ0) is 12.9. The molecule has 0 radical (unpaired) electrons. The van der Waals surface area contributed by atoms with Crippen LogP contribution < -0.4 is 4.72 Å².